The molecule has 0 spiro atoms. The number of aryl methyl sites for hydroxylation is 1. The molecule has 88 valence electrons. The van der Waals surface area contributed by atoms with E-state index < -0.39 is 4.92 Å². The van der Waals surface area contributed by atoms with Crippen LogP contribution >= 0.6 is 11.6 Å². The third kappa shape index (κ3) is 1.94. The van der Waals surface area contributed by atoms with E-state index in [4.69, 9.17) is 17.3 Å². The average Bonchev–Trinajstić information content (AvgIpc) is 2.57. The van der Waals surface area contributed by atoms with E-state index in [1.807, 2.05) is 0 Å². The summed E-state index contributed by atoms with van der Waals surface area (Å²) in [4.78, 5) is 10.4. The molecule has 0 radical (unpaired) electrons. The highest BCUT2D eigenvalue weighted by Crippen LogP contribution is 2.30. The van der Waals surface area contributed by atoms with E-state index in [2.05, 4.69) is 5.10 Å². The predicted octanol–water partition coefficient (Wildman–Crippen LogP) is 2.32. The fourth-order valence-corrected chi connectivity index (χ4v) is 1.84. The Morgan fingerprint density at radius 3 is 2.76 bits per heavy atom. The van der Waals surface area contributed by atoms with Crippen molar-refractivity contribution in [2.45, 2.75) is 6.92 Å². The van der Waals surface area contributed by atoms with Crippen molar-refractivity contribution in [3.8, 4) is 5.69 Å². The number of nitrogens with two attached hydrogens (primary N) is 1. The van der Waals surface area contributed by atoms with Crippen LogP contribution in [-0.4, -0.2) is 14.7 Å². The van der Waals surface area contributed by atoms with Crippen molar-refractivity contribution in [1.82, 2.24) is 9.78 Å². The highest BCUT2D eigenvalue weighted by Gasteiger charge is 2.20. The number of nitrogens with zero attached hydrogens (tertiary/aromatic N) is 3. The van der Waals surface area contributed by atoms with Gasteiger partial charge in [-0.15, -0.1) is 0 Å². The molecule has 0 saturated heterocycles. The molecule has 0 fully saturated rings. The Balaban J connectivity index is 2.74. The number of rotatable bonds is 2. The molecule has 0 aliphatic heterocycles. The van der Waals surface area contributed by atoms with Crippen LogP contribution in [0.2, 0.25) is 5.02 Å². The normalized spacial score (nSPS) is 10.5. The molecule has 2 rings (SSSR count). The first-order valence-electron chi connectivity index (χ1n) is 4.76. The fourth-order valence-electron chi connectivity index (χ4n) is 1.59. The van der Waals surface area contributed by atoms with Crippen LogP contribution in [0.25, 0.3) is 5.69 Å². The van der Waals surface area contributed by atoms with Gasteiger partial charge >= 0.3 is 0 Å². The van der Waals surface area contributed by atoms with Crippen LogP contribution < -0.4 is 5.73 Å². The van der Waals surface area contributed by atoms with Crippen molar-refractivity contribution in [3.63, 3.8) is 0 Å². The van der Waals surface area contributed by atoms with Gasteiger partial charge in [0.15, 0.2) is 5.69 Å². The molecule has 6 nitrogen and oxygen atoms in total. The minimum atomic E-state index is -0.501. The summed E-state index contributed by atoms with van der Waals surface area (Å²) in [5, 5.41) is 15.2. The zero-order valence-corrected chi connectivity index (χ0v) is 9.68. The van der Waals surface area contributed by atoms with Crippen molar-refractivity contribution in [2.75, 3.05) is 5.73 Å². The number of para-hydroxylation sites is 1. The first kappa shape index (κ1) is 11.4. The van der Waals surface area contributed by atoms with E-state index in [0.29, 0.717) is 5.69 Å². The number of anilines is 1. The molecule has 0 saturated carbocycles. The number of benzene rings is 1. The molecule has 0 atom stereocenters. The van der Waals surface area contributed by atoms with Crippen molar-refractivity contribution >= 4 is 23.1 Å². The molecule has 0 aliphatic rings. The maximum absolute atomic E-state index is 10.9. The summed E-state index contributed by atoms with van der Waals surface area (Å²) < 4.78 is 1.37. The molecule has 1 aromatic heterocycles. The van der Waals surface area contributed by atoms with Gasteiger partial charge in [0.1, 0.15) is 5.82 Å². The zero-order chi connectivity index (χ0) is 12.6. The second kappa shape index (κ2) is 4.06. The average molecular weight is 253 g/mol. The van der Waals surface area contributed by atoms with Crippen LogP contribution in [0.1, 0.15) is 5.69 Å². The summed E-state index contributed by atoms with van der Waals surface area (Å²) in [6, 6.07) is 6.08. The Kier molecular flexibility index (Phi) is 2.72. The summed E-state index contributed by atoms with van der Waals surface area (Å²) in [6.07, 6.45) is 0. The van der Waals surface area contributed by atoms with Crippen molar-refractivity contribution in [1.29, 1.82) is 0 Å². The van der Waals surface area contributed by atoms with Crippen LogP contribution in [0.5, 0.6) is 0 Å². The molecule has 7 heteroatoms. The standard InChI is InChI=1S/C10H9ClN4O2/c1-6-5-9(12)13-14(6)10-7(11)3-2-4-8(10)15(16)17/h2-5H,1H3,(H2,12,13). The van der Waals surface area contributed by atoms with Crippen LogP contribution in [-0.2, 0) is 0 Å². The first-order valence-corrected chi connectivity index (χ1v) is 5.14. The zero-order valence-electron chi connectivity index (χ0n) is 8.92. The van der Waals surface area contributed by atoms with Gasteiger partial charge in [-0.05, 0) is 13.0 Å². The molecule has 0 unspecified atom stereocenters. The summed E-state index contributed by atoms with van der Waals surface area (Å²) in [5.74, 6) is 0.289. The number of hydrogen-bond acceptors (Lipinski definition) is 4. The van der Waals surface area contributed by atoms with Gasteiger partial charge in [-0.2, -0.15) is 5.10 Å². The Labute approximate surface area is 102 Å². The number of nitro groups is 1. The van der Waals surface area contributed by atoms with Crippen LogP contribution in [0, 0.1) is 17.0 Å². The number of halogens is 1. The maximum atomic E-state index is 10.9. The van der Waals surface area contributed by atoms with E-state index in [-0.39, 0.29) is 22.2 Å². The molecule has 1 heterocycles. The quantitative estimate of drug-likeness (QED) is 0.656. The molecule has 17 heavy (non-hydrogen) atoms. The van der Waals surface area contributed by atoms with Gasteiger partial charge in [0.25, 0.3) is 5.69 Å². The highest BCUT2D eigenvalue weighted by molar-refractivity contribution is 6.32. The topological polar surface area (TPSA) is 87.0 Å². The minimum absolute atomic E-state index is 0.108. The van der Waals surface area contributed by atoms with E-state index in [9.17, 15) is 10.1 Å². The number of aromatic nitrogens is 2. The van der Waals surface area contributed by atoms with Gasteiger partial charge < -0.3 is 5.73 Å². The Morgan fingerprint density at radius 1 is 1.53 bits per heavy atom. The second-order valence-corrected chi connectivity index (χ2v) is 3.89. The Hall–Kier alpha value is -2.08. The van der Waals surface area contributed by atoms with Gasteiger partial charge in [0, 0.05) is 17.8 Å². The lowest BCUT2D eigenvalue weighted by Gasteiger charge is -2.06. The molecular formula is C10H9ClN4O2. The minimum Gasteiger partial charge on any atom is -0.382 e. The predicted molar refractivity (Wildman–Crippen MR) is 64.4 cm³/mol. The van der Waals surface area contributed by atoms with Crippen LogP contribution in [0.15, 0.2) is 24.3 Å². The van der Waals surface area contributed by atoms with Gasteiger partial charge in [0.2, 0.25) is 0 Å². The van der Waals surface area contributed by atoms with Gasteiger partial charge in [-0.3, -0.25) is 10.1 Å². The van der Waals surface area contributed by atoms with Crippen molar-refractivity contribution in [3.05, 3.63) is 45.1 Å². The lowest BCUT2D eigenvalue weighted by Crippen LogP contribution is -2.04. The van der Waals surface area contributed by atoms with Crippen molar-refractivity contribution in [2.24, 2.45) is 0 Å². The summed E-state index contributed by atoms with van der Waals surface area (Å²) >= 11 is 5.98. The molecule has 2 aromatic rings. The second-order valence-electron chi connectivity index (χ2n) is 3.49. The molecule has 0 amide bonds. The lowest BCUT2D eigenvalue weighted by atomic mass is 10.2. The molecule has 0 bridgehead atoms. The van der Waals surface area contributed by atoms with Gasteiger partial charge in [0.05, 0.1) is 9.95 Å². The molecule has 2 N–H and O–H groups in total. The van der Waals surface area contributed by atoms with E-state index in [1.165, 1.54) is 16.8 Å². The summed E-state index contributed by atoms with van der Waals surface area (Å²) in [7, 11) is 0. The summed E-state index contributed by atoms with van der Waals surface area (Å²) in [6.45, 7) is 1.75. The van der Waals surface area contributed by atoms with E-state index in [1.54, 1.807) is 19.1 Å². The van der Waals surface area contributed by atoms with Crippen LogP contribution in [0.4, 0.5) is 11.5 Å². The van der Waals surface area contributed by atoms with Gasteiger partial charge in [-0.25, -0.2) is 4.68 Å². The third-order valence-corrected chi connectivity index (χ3v) is 2.59. The summed E-state index contributed by atoms with van der Waals surface area (Å²) in [5.41, 5.74) is 6.35. The SMILES string of the molecule is Cc1cc(N)nn1-c1c(Cl)cccc1[N+](=O)[O-]. The third-order valence-electron chi connectivity index (χ3n) is 2.28. The number of nitrogen functional groups attached to an aromatic ring is 1. The number of nitro benzene ring substituents is 1. The molecule has 0 aliphatic carbocycles. The smallest absolute Gasteiger partial charge is 0.296 e. The van der Waals surface area contributed by atoms with Crippen LogP contribution in [0.3, 0.4) is 0 Å². The lowest BCUT2D eigenvalue weighted by molar-refractivity contribution is -0.384. The highest BCUT2D eigenvalue weighted by atomic mass is 35.5. The molecular weight excluding hydrogens is 244 g/mol. The first-order chi connectivity index (χ1) is 8.00. The van der Waals surface area contributed by atoms with E-state index >= 15 is 0 Å². The largest absolute Gasteiger partial charge is 0.382 e. The maximum Gasteiger partial charge on any atom is 0.296 e. The number of hydrogen-bond donors (Lipinski definition) is 1. The fraction of sp³-hybridized carbons (Fsp3) is 0.100. The Morgan fingerprint density at radius 2 is 2.24 bits per heavy atom. The van der Waals surface area contributed by atoms with Crippen molar-refractivity contribution < 1.29 is 4.92 Å². The Bertz CT molecular complexity index is 594. The monoisotopic (exact) mass is 252 g/mol. The molecule has 1 aromatic carbocycles. The van der Waals surface area contributed by atoms with Gasteiger partial charge in [-0.1, -0.05) is 17.7 Å². The van der Waals surface area contributed by atoms with E-state index in [0.717, 1.165) is 0 Å².